The molecule has 1 aliphatic rings. The molecule has 1 fully saturated rings. The monoisotopic (exact) mass is 462 g/mol. The SMILES string of the molecule is Cc1ccc(C)c(S(=O)(=O)Nc2ccc(C3(C(=O)NCCCc4ccccc4)CC3)cc2)c1. The lowest BCUT2D eigenvalue weighted by Gasteiger charge is -2.17. The Morgan fingerprint density at radius 1 is 0.939 bits per heavy atom. The summed E-state index contributed by atoms with van der Waals surface area (Å²) in [5.41, 5.74) is 3.78. The number of rotatable bonds is 9. The normalized spacial score (nSPS) is 14.5. The van der Waals surface area contributed by atoms with E-state index in [0.29, 0.717) is 17.8 Å². The van der Waals surface area contributed by atoms with Crippen molar-refractivity contribution >= 4 is 21.6 Å². The highest BCUT2D eigenvalue weighted by atomic mass is 32.2. The molecule has 1 amide bonds. The van der Waals surface area contributed by atoms with Gasteiger partial charge in [-0.15, -0.1) is 0 Å². The fourth-order valence-corrected chi connectivity index (χ4v) is 5.53. The van der Waals surface area contributed by atoms with Gasteiger partial charge in [0.05, 0.1) is 10.3 Å². The van der Waals surface area contributed by atoms with Gasteiger partial charge in [0.15, 0.2) is 0 Å². The predicted molar refractivity (Wildman–Crippen MR) is 132 cm³/mol. The summed E-state index contributed by atoms with van der Waals surface area (Å²) in [6, 6.07) is 22.8. The van der Waals surface area contributed by atoms with Gasteiger partial charge in [-0.2, -0.15) is 0 Å². The van der Waals surface area contributed by atoms with Crippen LogP contribution in [-0.2, 0) is 26.7 Å². The van der Waals surface area contributed by atoms with Crippen molar-refractivity contribution in [1.82, 2.24) is 5.32 Å². The third-order valence-corrected chi connectivity index (χ3v) is 7.80. The van der Waals surface area contributed by atoms with Gasteiger partial charge >= 0.3 is 0 Å². The maximum absolute atomic E-state index is 12.9. The van der Waals surface area contributed by atoms with Crippen LogP contribution in [0.4, 0.5) is 5.69 Å². The van der Waals surface area contributed by atoms with E-state index in [0.717, 1.165) is 36.8 Å². The van der Waals surface area contributed by atoms with Gasteiger partial charge in [0.2, 0.25) is 5.91 Å². The first-order valence-corrected chi connectivity index (χ1v) is 12.8. The molecule has 3 aromatic rings. The highest BCUT2D eigenvalue weighted by Gasteiger charge is 2.51. The second kappa shape index (κ2) is 9.40. The van der Waals surface area contributed by atoms with Crippen LogP contribution in [0.1, 0.15) is 41.5 Å². The molecule has 0 unspecified atom stereocenters. The van der Waals surface area contributed by atoms with Crippen molar-refractivity contribution < 1.29 is 13.2 Å². The molecular weight excluding hydrogens is 432 g/mol. The first-order valence-electron chi connectivity index (χ1n) is 11.3. The van der Waals surface area contributed by atoms with E-state index in [9.17, 15) is 13.2 Å². The molecule has 0 saturated heterocycles. The predicted octanol–water partition coefficient (Wildman–Crippen LogP) is 4.88. The molecule has 3 aromatic carbocycles. The third-order valence-electron chi connectivity index (χ3n) is 6.28. The second-order valence-electron chi connectivity index (χ2n) is 8.88. The zero-order valence-corrected chi connectivity index (χ0v) is 19.9. The molecule has 2 N–H and O–H groups in total. The summed E-state index contributed by atoms with van der Waals surface area (Å²) < 4.78 is 28.4. The van der Waals surface area contributed by atoms with Crippen molar-refractivity contribution in [2.45, 2.75) is 49.8 Å². The van der Waals surface area contributed by atoms with E-state index in [1.165, 1.54) is 5.56 Å². The zero-order valence-electron chi connectivity index (χ0n) is 19.1. The highest BCUT2D eigenvalue weighted by molar-refractivity contribution is 7.92. The van der Waals surface area contributed by atoms with E-state index in [1.54, 1.807) is 25.1 Å². The standard InChI is InChI=1S/C27H30N2O3S/c1-20-10-11-21(2)25(19-20)33(31,32)29-24-14-12-23(13-15-24)27(16-17-27)26(30)28-18-6-9-22-7-4-3-5-8-22/h3-5,7-8,10-15,19,29H,6,9,16-18H2,1-2H3,(H,28,30). The number of hydrogen-bond acceptors (Lipinski definition) is 3. The van der Waals surface area contributed by atoms with Crippen LogP contribution in [-0.4, -0.2) is 20.9 Å². The zero-order chi connectivity index (χ0) is 23.5. The van der Waals surface area contributed by atoms with Gasteiger partial charge < -0.3 is 5.32 Å². The molecular formula is C27H30N2O3S. The minimum Gasteiger partial charge on any atom is -0.355 e. The number of sulfonamides is 1. The van der Waals surface area contributed by atoms with Gasteiger partial charge in [-0.25, -0.2) is 8.42 Å². The number of amides is 1. The van der Waals surface area contributed by atoms with Gasteiger partial charge in [-0.1, -0.05) is 54.6 Å². The molecule has 172 valence electrons. The summed E-state index contributed by atoms with van der Waals surface area (Å²) in [4.78, 5) is 13.2. The van der Waals surface area contributed by atoms with Gasteiger partial charge in [0.1, 0.15) is 0 Å². The van der Waals surface area contributed by atoms with Crippen LogP contribution < -0.4 is 10.0 Å². The van der Waals surface area contributed by atoms with Crippen molar-refractivity contribution in [3.8, 4) is 0 Å². The number of carbonyl (C=O) groups excluding carboxylic acids is 1. The molecule has 0 atom stereocenters. The van der Waals surface area contributed by atoms with E-state index in [-0.39, 0.29) is 10.8 Å². The van der Waals surface area contributed by atoms with Crippen molar-refractivity contribution in [1.29, 1.82) is 0 Å². The largest absolute Gasteiger partial charge is 0.355 e. The van der Waals surface area contributed by atoms with Crippen molar-refractivity contribution in [3.63, 3.8) is 0 Å². The molecule has 1 saturated carbocycles. The van der Waals surface area contributed by atoms with Crippen LogP contribution in [0.3, 0.4) is 0 Å². The van der Waals surface area contributed by atoms with Crippen molar-refractivity contribution in [2.75, 3.05) is 11.3 Å². The Bertz CT molecular complexity index is 1230. The Morgan fingerprint density at radius 2 is 1.64 bits per heavy atom. The molecule has 0 spiro atoms. The summed E-state index contributed by atoms with van der Waals surface area (Å²) in [6.45, 7) is 4.30. The Labute approximate surface area is 196 Å². The summed E-state index contributed by atoms with van der Waals surface area (Å²) >= 11 is 0. The van der Waals surface area contributed by atoms with E-state index < -0.39 is 15.4 Å². The molecule has 0 aliphatic heterocycles. The van der Waals surface area contributed by atoms with Crippen molar-refractivity contribution in [3.05, 3.63) is 95.1 Å². The number of hydrogen-bond donors (Lipinski definition) is 2. The fraction of sp³-hybridized carbons (Fsp3) is 0.296. The van der Waals surface area contributed by atoms with Crippen LogP contribution >= 0.6 is 0 Å². The molecule has 0 radical (unpaired) electrons. The van der Waals surface area contributed by atoms with Crippen LogP contribution in [0.5, 0.6) is 0 Å². The third kappa shape index (κ3) is 5.28. The summed E-state index contributed by atoms with van der Waals surface area (Å²) in [7, 11) is -3.68. The molecule has 5 nitrogen and oxygen atoms in total. The Morgan fingerprint density at radius 3 is 2.30 bits per heavy atom. The van der Waals surface area contributed by atoms with E-state index in [2.05, 4.69) is 22.2 Å². The topological polar surface area (TPSA) is 75.3 Å². The minimum atomic E-state index is -3.68. The summed E-state index contributed by atoms with van der Waals surface area (Å²) in [6.07, 6.45) is 3.45. The lowest BCUT2D eigenvalue weighted by molar-refractivity contribution is -0.123. The second-order valence-corrected chi connectivity index (χ2v) is 10.5. The summed E-state index contributed by atoms with van der Waals surface area (Å²) in [5.74, 6) is 0.0549. The molecule has 1 aliphatic carbocycles. The first-order chi connectivity index (χ1) is 15.8. The van der Waals surface area contributed by atoms with Gasteiger partial charge in [0, 0.05) is 12.2 Å². The Hall–Kier alpha value is -3.12. The average molecular weight is 463 g/mol. The lowest BCUT2D eigenvalue weighted by atomic mass is 9.94. The molecule has 0 bridgehead atoms. The Balaban J connectivity index is 1.37. The molecule has 0 heterocycles. The first kappa shape index (κ1) is 23.1. The Kier molecular flexibility index (Phi) is 6.56. The average Bonchev–Trinajstić information content (AvgIpc) is 3.61. The molecule has 33 heavy (non-hydrogen) atoms. The smallest absolute Gasteiger partial charge is 0.262 e. The van der Waals surface area contributed by atoms with Crippen LogP contribution in [0.25, 0.3) is 0 Å². The molecule has 0 aromatic heterocycles. The number of nitrogens with one attached hydrogen (secondary N) is 2. The van der Waals surface area contributed by atoms with Crippen molar-refractivity contribution in [2.24, 2.45) is 0 Å². The molecule has 6 heteroatoms. The molecule has 4 rings (SSSR count). The quantitative estimate of drug-likeness (QED) is 0.445. The van der Waals surface area contributed by atoms with Crippen LogP contribution in [0.15, 0.2) is 77.7 Å². The number of anilines is 1. The number of carbonyl (C=O) groups is 1. The van der Waals surface area contributed by atoms with Gasteiger partial charge in [-0.05, 0) is 80.0 Å². The maximum Gasteiger partial charge on any atom is 0.262 e. The maximum atomic E-state index is 12.9. The summed E-state index contributed by atoms with van der Waals surface area (Å²) in [5, 5.41) is 3.09. The number of benzene rings is 3. The highest BCUT2D eigenvalue weighted by Crippen LogP contribution is 2.48. The van der Waals surface area contributed by atoms with Crippen LogP contribution in [0, 0.1) is 13.8 Å². The van der Waals surface area contributed by atoms with Gasteiger partial charge in [0.25, 0.3) is 10.0 Å². The van der Waals surface area contributed by atoms with Crippen LogP contribution in [0.2, 0.25) is 0 Å². The van der Waals surface area contributed by atoms with E-state index >= 15 is 0 Å². The van der Waals surface area contributed by atoms with E-state index in [1.807, 2.05) is 49.4 Å². The fourth-order valence-electron chi connectivity index (χ4n) is 4.14. The van der Waals surface area contributed by atoms with E-state index in [4.69, 9.17) is 0 Å². The van der Waals surface area contributed by atoms with Gasteiger partial charge in [-0.3, -0.25) is 9.52 Å². The minimum absolute atomic E-state index is 0.0549. The number of aryl methyl sites for hydroxylation is 3. The lowest BCUT2D eigenvalue weighted by Crippen LogP contribution is -2.35.